The van der Waals surface area contributed by atoms with E-state index in [-0.39, 0.29) is 29.9 Å². The summed E-state index contributed by atoms with van der Waals surface area (Å²) < 4.78 is 6.44. The zero-order chi connectivity index (χ0) is 19.6. The van der Waals surface area contributed by atoms with Gasteiger partial charge in [0.05, 0.1) is 36.3 Å². The lowest BCUT2D eigenvalue weighted by Gasteiger charge is -2.14. The molecule has 6 nitrogen and oxygen atoms in total. The van der Waals surface area contributed by atoms with E-state index in [1.54, 1.807) is 13.0 Å². The standard InChI is InChI=1S/C20H23N3O3S/c1-5-26-18(24)10-15-13-8-6-7-9-14(13)19(25)23(22-15)11-17-21-16(12-27-17)20(2,3)4/h6-9,12H,5,10-11H2,1-4H3. The molecule has 2 aromatic heterocycles. The molecule has 0 bridgehead atoms. The van der Waals surface area contributed by atoms with Crippen LogP contribution in [0.5, 0.6) is 0 Å². The summed E-state index contributed by atoms with van der Waals surface area (Å²) in [4.78, 5) is 29.5. The van der Waals surface area contributed by atoms with Crippen LogP contribution in [0.3, 0.4) is 0 Å². The molecule has 2 heterocycles. The van der Waals surface area contributed by atoms with Crippen LogP contribution in [0.1, 0.15) is 44.1 Å². The highest BCUT2D eigenvalue weighted by molar-refractivity contribution is 7.09. The number of rotatable bonds is 5. The van der Waals surface area contributed by atoms with E-state index in [1.165, 1.54) is 16.0 Å². The Morgan fingerprint density at radius 1 is 1.22 bits per heavy atom. The minimum Gasteiger partial charge on any atom is -0.466 e. The fourth-order valence-electron chi connectivity index (χ4n) is 2.75. The van der Waals surface area contributed by atoms with Gasteiger partial charge in [-0.1, -0.05) is 39.0 Å². The number of hydrogen-bond donors (Lipinski definition) is 0. The molecule has 0 aliphatic rings. The fourth-order valence-corrected chi connectivity index (χ4v) is 3.75. The van der Waals surface area contributed by atoms with Gasteiger partial charge in [0, 0.05) is 16.2 Å². The van der Waals surface area contributed by atoms with E-state index in [0.717, 1.165) is 10.7 Å². The normalized spacial score (nSPS) is 11.7. The molecule has 27 heavy (non-hydrogen) atoms. The Labute approximate surface area is 161 Å². The van der Waals surface area contributed by atoms with E-state index < -0.39 is 0 Å². The minimum atomic E-state index is -0.357. The summed E-state index contributed by atoms with van der Waals surface area (Å²) in [7, 11) is 0. The van der Waals surface area contributed by atoms with Crippen molar-refractivity contribution in [3.63, 3.8) is 0 Å². The summed E-state index contributed by atoms with van der Waals surface area (Å²) in [5, 5.41) is 8.51. The second-order valence-corrected chi connectivity index (χ2v) is 8.26. The second-order valence-electron chi connectivity index (χ2n) is 7.31. The molecule has 0 atom stereocenters. The van der Waals surface area contributed by atoms with E-state index in [4.69, 9.17) is 4.74 Å². The smallest absolute Gasteiger partial charge is 0.311 e. The van der Waals surface area contributed by atoms with E-state index >= 15 is 0 Å². The van der Waals surface area contributed by atoms with Gasteiger partial charge in [0.15, 0.2) is 0 Å². The maximum absolute atomic E-state index is 12.9. The third-order valence-corrected chi connectivity index (χ3v) is 5.00. The molecule has 3 rings (SSSR count). The van der Waals surface area contributed by atoms with Gasteiger partial charge in [-0.15, -0.1) is 11.3 Å². The van der Waals surface area contributed by atoms with Gasteiger partial charge >= 0.3 is 5.97 Å². The first-order valence-corrected chi connectivity index (χ1v) is 9.76. The van der Waals surface area contributed by atoms with Gasteiger partial charge in [0.1, 0.15) is 5.01 Å². The number of fused-ring (bicyclic) bond motifs is 1. The SMILES string of the molecule is CCOC(=O)Cc1nn(Cc2nc(C(C)(C)C)cs2)c(=O)c2ccccc12. The second kappa shape index (κ2) is 7.60. The highest BCUT2D eigenvalue weighted by Crippen LogP contribution is 2.24. The first kappa shape index (κ1) is 19.2. The molecule has 0 fully saturated rings. The van der Waals surface area contributed by atoms with Crippen LogP contribution in [0.4, 0.5) is 0 Å². The minimum absolute atomic E-state index is 0.0275. The maximum Gasteiger partial charge on any atom is 0.311 e. The van der Waals surface area contributed by atoms with Crippen LogP contribution >= 0.6 is 11.3 Å². The Kier molecular flexibility index (Phi) is 5.41. The number of benzene rings is 1. The number of aromatic nitrogens is 3. The van der Waals surface area contributed by atoms with Crippen molar-refractivity contribution in [2.75, 3.05) is 6.61 Å². The van der Waals surface area contributed by atoms with Crippen molar-refractivity contribution in [3.05, 3.63) is 56.4 Å². The quantitative estimate of drug-likeness (QED) is 0.630. The van der Waals surface area contributed by atoms with Crippen molar-refractivity contribution >= 4 is 28.1 Å². The van der Waals surface area contributed by atoms with Crippen LogP contribution < -0.4 is 5.56 Å². The summed E-state index contributed by atoms with van der Waals surface area (Å²) in [5.74, 6) is -0.357. The van der Waals surface area contributed by atoms with Gasteiger partial charge in [-0.3, -0.25) is 9.59 Å². The molecule has 0 radical (unpaired) electrons. The molecule has 0 spiro atoms. The van der Waals surface area contributed by atoms with E-state index in [2.05, 4.69) is 30.9 Å². The largest absolute Gasteiger partial charge is 0.466 e. The third kappa shape index (κ3) is 4.24. The lowest BCUT2D eigenvalue weighted by atomic mass is 9.93. The van der Waals surface area contributed by atoms with Crippen LogP contribution in [0, 0.1) is 0 Å². The Morgan fingerprint density at radius 2 is 1.93 bits per heavy atom. The zero-order valence-electron chi connectivity index (χ0n) is 16.0. The molecule has 0 amide bonds. The molecule has 3 aromatic rings. The molecule has 0 saturated heterocycles. The maximum atomic E-state index is 12.9. The first-order chi connectivity index (χ1) is 12.8. The van der Waals surface area contributed by atoms with Crippen LogP contribution in [0.2, 0.25) is 0 Å². The summed E-state index contributed by atoms with van der Waals surface area (Å²) in [6.07, 6.45) is 0.0275. The van der Waals surface area contributed by atoms with Gasteiger partial charge in [-0.2, -0.15) is 5.10 Å². The monoisotopic (exact) mass is 385 g/mol. The van der Waals surface area contributed by atoms with Gasteiger partial charge in [-0.05, 0) is 13.0 Å². The molecule has 7 heteroatoms. The molecule has 142 valence electrons. The van der Waals surface area contributed by atoms with Crippen LogP contribution in [0.25, 0.3) is 10.8 Å². The van der Waals surface area contributed by atoms with Gasteiger partial charge in [-0.25, -0.2) is 9.67 Å². The highest BCUT2D eigenvalue weighted by atomic mass is 32.1. The van der Waals surface area contributed by atoms with Crippen molar-refractivity contribution < 1.29 is 9.53 Å². The molecule has 0 N–H and O–H groups in total. The molecular weight excluding hydrogens is 362 g/mol. The van der Waals surface area contributed by atoms with Crippen LogP contribution in [0.15, 0.2) is 34.4 Å². The highest BCUT2D eigenvalue weighted by Gasteiger charge is 2.19. The van der Waals surface area contributed by atoms with E-state index in [9.17, 15) is 9.59 Å². The van der Waals surface area contributed by atoms with Crippen molar-refractivity contribution in [2.24, 2.45) is 0 Å². The van der Waals surface area contributed by atoms with E-state index in [1.807, 2.05) is 23.6 Å². The van der Waals surface area contributed by atoms with Crippen LogP contribution in [-0.4, -0.2) is 27.3 Å². The average molecular weight is 385 g/mol. The molecule has 0 saturated carbocycles. The van der Waals surface area contributed by atoms with Crippen LogP contribution in [-0.2, 0) is 27.9 Å². The topological polar surface area (TPSA) is 74.1 Å². The number of hydrogen-bond acceptors (Lipinski definition) is 6. The lowest BCUT2D eigenvalue weighted by Crippen LogP contribution is -2.26. The Hall–Kier alpha value is -2.54. The number of esters is 1. The molecule has 0 aliphatic carbocycles. The van der Waals surface area contributed by atoms with E-state index in [0.29, 0.717) is 23.1 Å². The van der Waals surface area contributed by atoms with Crippen molar-refractivity contribution in [3.8, 4) is 0 Å². The van der Waals surface area contributed by atoms with Crippen molar-refractivity contribution in [1.29, 1.82) is 0 Å². The molecule has 1 aromatic carbocycles. The predicted octanol–water partition coefficient (Wildman–Crippen LogP) is 3.30. The summed E-state index contributed by atoms with van der Waals surface area (Å²) in [5.41, 5.74) is 1.29. The number of carbonyl (C=O) groups is 1. The summed E-state index contributed by atoms with van der Waals surface area (Å²) in [6, 6.07) is 7.21. The lowest BCUT2D eigenvalue weighted by molar-refractivity contribution is -0.142. The number of carbonyl (C=O) groups excluding carboxylic acids is 1. The Morgan fingerprint density at radius 3 is 2.56 bits per heavy atom. The number of nitrogens with zero attached hydrogens (tertiary/aromatic N) is 3. The third-order valence-electron chi connectivity index (χ3n) is 4.17. The fraction of sp³-hybridized carbons (Fsp3) is 0.400. The number of ether oxygens (including phenoxy) is 1. The first-order valence-electron chi connectivity index (χ1n) is 8.89. The number of thiazole rings is 1. The van der Waals surface area contributed by atoms with Gasteiger partial charge < -0.3 is 4.74 Å². The average Bonchev–Trinajstić information content (AvgIpc) is 3.08. The molecular formula is C20H23N3O3S. The Bertz CT molecular complexity index is 1030. The van der Waals surface area contributed by atoms with Gasteiger partial charge in [0.2, 0.25) is 0 Å². The molecule has 0 unspecified atom stereocenters. The van der Waals surface area contributed by atoms with Gasteiger partial charge in [0.25, 0.3) is 5.56 Å². The zero-order valence-corrected chi connectivity index (χ0v) is 16.8. The summed E-state index contributed by atoms with van der Waals surface area (Å²) in [6.45, 7) is 8.65. The molecule has 0 aliphatic heterocycles. The predicted molar refractivity (Wildman–Crippen MR) is 106 cm³/mol. The van der Waals surface area contributed by atoms with Crippen molar-refractivity contribution in [1.82, 2.24) is 14.8 Å². The Balaban J connectivity index is 2.02. The summed E-state index contributed by atoms with van der Waals surface area (Å²) >= 11 is 1.51. The van der Waals surface area contributed by atoms with Crippen molar-refractivity contribution in [2.45, 2.75) is 46.1 Å².